The topological polar surface area (TPSA) is 78.7 Å². The average molecular weight is 945 g/mol. The summed E-state index contributed by atoms with van der Waals surface area (Å²) in [6.07, 6.45) is 1.32. The Kier molecular flexibility index (Phi) is 12.5. The van der Waals surface area contributed by atoms with Gasteiger partial charge in [-0.2, -0.15) is 0 Å². The van der Waals surface area contributed by atoms with Gasteiger partial charge in [-0.15, -0.1) is 0 Å². The zero-order valence-corrected chi connectivity index (χ0v) is 40.5. The van der Waals surface area contributed by atoms with Gasteiger partial charge in [-0.25, -0.2) is 0 Å². The van der Waals surface area contributed by atoms with E-state index in [0.29, 0.717) is 0 Å². The first-order chi connectivity index (χ1) is 35.7. The fourth-order valence-electron chi connectivity index (χ4n) is 13.7. The summed E-state index contributed by atoms with van der Waals surface area (Å²) in [4.78, 5) is 5.40. The summed E-state index contributed by atoms with van der Waals surface area (Å²) >= 11 is 0. The van der Waals surface area contributed by atoms with Crippen molar-refractivity contribution in [1.29, 1.82) is 0 Å². The molecule has 14 unspecified atom stereocenters. The smallest absolute Gasteiger partial charge is 0.0900 e. The van der Waals surface area contributed by atoms with E-state index in [0.717, 1.165) is 12.8 Å². The predicted molar refractivity (Wildman–Crippen MR) is 291 cm³/mol. The normalized spacial score (nSPS) is 31.1. The maximum atomic E-state index is 4.56. The van der Waals surface area contributed by atoms with Crippen LogP contribution in [-0.4, -0.2) is 49.3 Å². The van der Waals surface area contributed by atoms with Gasteiger partial charge in [-0.3, -0.25) is 31.9 Å². The fraction of sp³-hybridized carbons (Fsp3) is 0.250. The summed E-state index contributed by atoms with van der Waals surface area (Å²) in [5.74, 6) is 0.384. The molecule has 5 aliphatic heterocycles. The van der Waals surface area contributed by atoms with Crippen LogP contribution in [0.25, 0.3) is 0 Å². The van der Waals surface area contributed by atoms with Crippen LogP contribution < -0.4 is 41.7 Å². The van der Waals surface area contributed by atoms with E-state index in [1.807, 2.05) is 0 Å². The van der Waals surface area contributed by atoms with Crippen LogP contribution in [-0.2, 0) is 0 Å². The van der Waals surface area contributed by atoms with Crippen molar-refractivity contribution in [3.05, 3.63) is 276 Å². The van der Waals surface area contributed by atoms with Crippen LogP contribution in [0.1, 0.15) is 81.7 Å². The standard InChI is InChI=1S/C64H64N8/c1-9-25-43(26-10-1)53-54(44-27-11-2-12-28-44)60-68-59(53)69-63-57(47-33-17-5-18-34-47)55(45-29-13-3-14-30-45)61(71(63)49-37-21-7-22-38-49)66-51-41-42-52(65-51)67-62-56(46-31-15-4-16-32-46)58(48-35-19-6-20-36-48)64(70-60)72(62)50-39-23-8-24-40-50/h1-40,51-70H,41-42H2. The largest absolute Gasteiger partial charge is 0.339 e. The Morgan fingerprint density at radius 2 is 0.472 bits per heavy atom. The van der Waals surface area contributed by atoms with E-state index in [1.165, 1.54) is 44.8 Å². The second kappa shape index (κ2) is 20.0. The number of fused-ring (bicyclic) bond motifs is 8. The van der Waals surface area contributed by atoms with Crippen LogP contribution in [0.4, 0.5) is 11.4 Å². The molecule has 0 amide bonds. The van der Waals surface area contributed by atoms with Crippen molar-refractivity contribution in [3.63, 3.8) is 0 Å². The van der Waals surface area contributed by atoms with Gasteiger partial charge in [0.2, 0.25) is 0 Å². The Morgan fingerprint density at radius 3 is 0.750 bits per heavy atom. The first kappa shape index (κ1) is 45.0. The first-order valence-electron chi connectivity index (χ1n) is 26.3. The summed E-state index contributed by atoms with van der Waals surface area (Å²) in [6, 6.07) is 90.1. The number of hydrogen-bond donors (Lipinski definition) is 6. The van der Waals surface area contributed by atoms with Crippen molar-refractivity contribution in [2.24, 2.45) is 0 Å². The molecule has 14 atom stereocenters. The van der Waals surface area contributed by atoms with E-state index >= 15 is 0 Å². The minimum absolute atomic E-state index is 0.0382. The summed E-state index contributed by atoms with van der Waals surface area (Å²) in [6.45, 7) is 0. The number of hydrogen-bond acceptors (Lipinski definition) is 8. The van der Waals surface area contributed by atoms with Gasteiger partial charge in [0.25, 0.3) is 0 Å². The summed E-state index contributed by atoms with van der Waals surface area (Å²) in [5, 5.41) is 26.5. The number of rotatable bonds is 8. The lowest BCUT2D eigenvalue weighted by Gasteiger charge is -2.39. The molecular weight excluding hydrogens is 881 g/mol. The lowest BCUT2D eigenvalue weighted by Crippen LogP contribution is -2.62. The Bertz CT molecular complexity index is 2770. The van der Waals surface area contributed by atoms with Gasteiger partial charge in [-0.1, -0.05) is 218 Å². The molecule has 8 heteroatoms. The van der Waals surface area contributed by atoms with Crippen LogP contribution >= 0.6 is 0 Å². The molecule has 0 aliphatic carbocycles. The molecule has 0 aromatic heterocycles. The second-order valence-corrected chi connectivity index (χ2v) is 20.5. The highest BCUT2D eigenvalue weighted by Crippen LogP contribution is 2.53. The van der Waals surface area contributed by atoms with Gasteiger partial charge < -0.3 is 9.80 Å². The molecular formula is C64H64N8. The highest BCUT2D eigenvalue weighted by Gasteiger charge is 2.57. The number of nitrogens with one attached hydrogen (secondary N) is 6. The second-order valence-electron chi connectivity index (χ2n) is 20.5. The Balaban J connectivity index is 1.05. The molecule has 0 radical (unpaired) electrons. The zero-order chi connectivity index (χ0) is 47.8. The monoisotopic (exact) mass is 945 g/mol. The molecule has 6 N–H and O–H groups in total. The van der Waals surface area contributed by atoms with Crippen molar-refractivity contribution < 1.29 is 0 Å². The van der Waals surface area contributed by atoms with Crippen molar-refractivity contribution >= 4 is 11.4 Å². The molecule has 0 spiro atoms. The predicted octanol–water partition coefficient (Wildman–Crippen LogP) is 10.7. The number of benzene rings is 8. The van der Waals surface area contributed by atoms with Crippen LogP contribution in [0, 0.1) is 0 Å². The molecule has 5 aliphatic rings. The molecule has 360 valence electrons. The maximum absolute atomic E-state index is 4.56. The van der Waals surface area contributed by atoms with Crippen molar-refractivity contribution in [3.8, 4) is 0 Å². The Hall–Kier alpha value is -6.88. The van der Waals surface area contributed by atoms with Crippen LogP contribution in [0.2, 0.25) is 0 Å². The molecule has 13 rings (SSSR count). The molecule has 8 aromatic carbocycles. The highest BCUT2D eigenvalue weighted by molar-refractivity contribution is 5.56. The molecule has 5 saturated heterocycles. The Morgan fingerprint density at radius 1 is 0.236 bits per heavy atom. The number of para-hydroxylation sites is 2. The van der Waals surface area contributed by atoms with Crippen molar-refractivity contribution in [2.45, 2.75) is 97.7 Å². The molecule has 5 fully saturated rings. The van der Waals surface area contributed by atoms with E-state index < -0.39 is 0 Å². The lowest BCUT2D eigenvalue weighted by atomic mass is 9.79. The van der Waals surface area contributed by atoms with Crippen molar-refractivity contribution in [2.75, 3.05) is 9.80 Å². The van der Waals surface area contributed by atoms with Crippen molar-refractivity contribution in [1.82, 2.24) is 31.9 Å². The zero-order valence-electron chi connectivity index (χ0n) is 40.5. The average Bonchev–Trinajstić information content (AvgIpc) is 4.21. The fourth-order valence-corrected chi connectivity index (χ4v) is 13.7. The molecule has 8 aromatic rings. The van der Waals surface area contributed by atoms with E-state index in [1.54, 1.807) is 0 Å². The van der Waals surface area contributed by atoms with Gasteiger partial charge in [0.1, 0.15) is 0 Å². The van der Waals surface area contributed by atoms with Crippen LogP contribution in [0.5, 0.6) is 0 Å². The summed E-state index contributed by atoms with van der Waals surface area (Å²) in [5.41, 5.74) is 10.3. The molecule has 8 nitrogen and oxygen atoms in total. The SMILES string of the molecule is c1ccc(C2C3NC(NC4C(c5ccccc5)C(c5ccccc5)C(NC5CCC(N5)NC5C(c6ccccc6)C(c6ccccc6)C(N3)N5c3ccccc3)N4c3ccccc3)C2c2ccccc2)cc1. The quantitative estimate of drug-likeness (QED) is 0.0900. The van der Waals surface area contributed by atoms with Gasteiger partial charge >= 0.3 is 0 Å². The van der Waals surface area contributed by atoms with Gasteiger partial charge in [0.05, 0.1) is 49.3 Å². The van der Waals surface area contributed by atoms with E-state index in [4.69, 9.17) is 0 Å². The van der Waals surface area contributed by atoms with Crippen LogP contribution in [0.3, 0.4) is 0 Å². The first-order valence-corrected chi connectivity index (χ1v) is 26.3. The number of nitrogens with zero attached hydrogens (tertiary/aromatic N) is 2. The van der Waals surface area contributed by atoms with E-state index in [-0.39, 0.29) is 84.8 Å². The molecule has 8 bridgehead atoms. The van der Waals surface area contributed by atoms with Crippen LogP contribution in [0.15, 0.2) is 243 Å². The number of anilines is 2. The third-order valence-electron chi connectivity index (χ3n) is 16.6. The van der Waals surface area contributed by atoms with Gasteiger partial charge in [0, 0.05) is 46.9 Å². The maximum Gasteiger partial charge on any atom is 0.0900 e. The molecule has 72 heavy (non-hydrogen) atoms. The third-order valence-corrected chi connectivity index (χ3v) is 16.6. The summed E-state index contributed by atoms with van der Waals surface area (Å²) in [7, 11) is 0. The van der Waals surface area contributed by atoms with Gasteiger partial charge in [0.15, 0.2) is 0 Å². The summed E-state index contributed by atoms with van der Waals surface area (Å²) < 4.78 is 0. The highest BCUT2D eigenvalue weighted by atomic mass is 15.5. The van der Waals surface area contributed by atoms with Gasteiger partial charge in [-0.05, 0) is 70.5 Å². The molecule has 0 saturated carbocycles. The molecule has 5 heterocycles. The minimum atomic E-state index is -0.157. The van der Waals surface area contributed by atoms with E-state index in [2.05, 4.69) is 284 Å². The third kappa shape index (κ3) is 8.42. The minimum Gasteiger partial charge on any atom is -0.339 e. The lowest BCUT2D eigenvalue weighted by molar-refractivity contribution is 0.318. The Labute approximate surface area is 424 Å². The van der Waals surface area contributed by atoms with E-state index in [9.17, 15) is 0 Å².